The molecule has 20 heavy (non-hydrogen) atoms. The summed E-state index contributed by atoms with van der Waals surface area (Å²) in [7, 11) is 1.70. The number of ether oxygens (including phenoxy) is 1. The van der Waals surface area contributed by atoms with Crippen molar-refractivity contribution in [3.05, 3.63) is 58.1 Å². The van der Waals surface area contributed by atoms with Crippen LogP contribution in [0.25, 0.3) is 0 Å². The lowest BCUT2D eigenvalue weighted by Crippen LogP contribution is -2.09. The quantitative estimate of drug-likeness (QED) is 0.841. The maximum atomic E-state index is 6.23. The molecule has 2 aromatic carbocycles. The Bertz CT molecular complexity index is 610. The lowest BCUT2D eigenvalue weighted by Gasteiger charge is -2.20. The maximum Gasteiger partial charge on any atom is 0.124 e. The summed E-state index contributed by atoms with van der Waals surface area (Å²) >= 11 is 6.23. The van der Waals surface area contributed by atoms with E-state index in [-0.39, 0.29) is 6.04 Å². The molecule has 2 aromatic rings. The van der Waals surface area contributed by atoms with Gasteiger partial charge in [-0.25, -0.2) is 0 Å². The summed E-state index contributed by atoms with van der Waals surface area (Å²) in [4.78, 5) is 0. The lowest BCUT2D eigenvalue weighted by molar-refractivity contribution is 0.407. The molecule has 0 saturated carbocycles. The van der Waals surface area contributed by atoms with Crippen molar-refractivity contribution in [1.29, 1.82) is 0 Å². The molecule has 0 aromatic heterocycles. The first kappa shape index (κ1) is 14.7. The molecule has 0 fully saturated rings. The van der Waals surface area contributed by atoms with Crippen LogP contribution in [-0.4, -0.2) is 7.11 Å². The average molecular weight is 290 g/mol. The van der Waals surface area contributed by atoms with E-state index in [1.165, 1.54) is 11.1 Å². The van der Waals surface area contributed by atoms with E-state index in [9.17, 15) is 0 Å². The molecule has 0 aliphatic carbocycles. The fourth-order valence-corrected chi connectivity index (χ4v) is 2.41. The Hall–Kier alpha value is -1.67. The van der Waals surface area contributed by atoms with Gasteiger partial charge in [0.15, 0.2) is 0 Å². The van der Waals surface area contributed by atoms with Crippen LogP contribution in [0.5, 0.6) is 5.75 Å². The fourth-order valence-electron chi connectivity index (χ4n) is 2.24. The van der Waals surface area contributed by atoms with Crippen molar-refractivity contribution in [3.8, 4) is 5.75 Å². The minimum atomic E-state index is 0.116. The molecule has 0 radical (unpaired) electrons. The molecule has 0 aliphatic heterocycles. The van der Waals surface area contributed by atoms with Crippen molar-refractivity contribution in [3.63, 3.8) is 0 Å². The number of hydrogen-bond acceptors (Lipinski definition) is 2. The minimum Gasteiger partial charge on any atom is -0.496 e. The van der Waals surface area contributed by atoms with Gasteiger partial charge in [0.1, 0.15) is 5.75 Å². The molecular formula is C17H20ClNO. The second-order valence-electron chi connectivity index (χ2n) is 5.09. The largest absolute Gasteiger partial charge is 0.496 e. The van der Waals surface area contributed by atoms with Gasteiger partial charge >= 0.3 is 0 Å². The lowest BCUT2D eigenvalue weighted by atomic mass is 10.0. The normalized spacial score (nSPS) is 12.1. The maximum absolute atomic E-state index is 6.23. The van der Waals surface area contributed by atoms with Gasteiger partial charge < -0.3 is 10.1 Å². The number of methoxy groups -OCH3 is 1. The first-order valence-electron chi connectivity index (χ1n) is 6.68. The highest BCUT2D eigenvalue weighted by atomic mass is 35.5. The molecule has 0 heterocycles. The zero-order valence-corrected chi connectivity index (χ0v) is 13.1. The van der Waals surface area contributed by atoms with Crippen LogP contribution in [0.2, 0.25) is 5.02 Å². The zero-order chi connectivity index (χ0) is 14.7. The molecule has 2 nitrogen and oxygen atoms in total. The molecule has 1 N–H and O–H groups in total. The van der Waals surface area contributed by atoms with Gasteiger partial charge in [0.05, 0.1) is 23.9 Å². The molecule has 0 amide bonds. The summed E-state index contributed by atoms with van der Waals surface area (Å²) in [5.74, 6) is 0.897. The van der Waals surface area contributed by atoms with Gasteiger partial charge in [0.2, 0.25) is 0 Å². The van der Waals surface area contributed by atoms with Crippen molar-refractivity contribution in [2.45, 2.75) is 26.8 Å². The van der Waals surface area contributed by atoms with Crippen molar-refractivity contribution in [1.82, 2.24) is 0 Å². The van der Waals surface area contributed by atoms with Crippen LogP contribution in [0.4, 0.5) is 5.69 Å². The number of aryl methyl sites for hydroxylation is 2. The molecule has 0 aliphatic rings. The molecule has 1 atom stereocenters. The summed E-state index contributed by atoms with van der Waals surface area (Å²) in [6.07, 6.45) is 0. The van der Waals surface area contributed by atoms with Crippen LogP contribution in [0.3, 0.4) is 0 Å². The Morgan fingerprint density at radius 3 is 2.40 bits per heavy atom. The van der Waals surface area contributed by atoms with E-state index in [0.29, 0.717) is 0 Å². The van der Waals surface area contributed by atoms with Crippen molar-refractivity contribution >= 4 is 17.3 Å². The van der Waals surface area contributed by atoms with E-state index >= 15 is 0 Å². The van der Waals surface area contributed by atoms with Crippen LogP contribution in [0.15, 0.2) is 36.4 Å². The predicted molar refractivity (Wildman–Crippen MR) is 86.0 cm³/mol. The number of halogens is 1. The highest BCUT2D eigenvalue weighted by Gasteiger charge is 2.12. The molecule has 106 valence electrons. The standard InChI is InChI=1S/C17H20ClNO/c1-11-6-8-15(18)16(9-11)19-13(3)14-7-5-12(2)10-17(14)20-4/h5-10,13,19H,1-4H3. The number of anilines is 1. The third kappa shape index (κ3) is 3.26. The molecule has 0 saturated heterocycles. The number of nitrogens with one attached hydrogen (secondary N) is 1. The molecule has 0 spiro atoms. The average Bonchev–Trinajstić information content (AvgIpc) is 2.42. The molecule has 3 heteroatoms. The third-order valence-corrected chi connectivity index (χ3v) is 3.68. The van der Waals surface area contributed by atoms with Crippen LogP contribution >= 0.6 is 11.6 Å². The number of rotatable bonds is 4. The van der Waals surface area contributed by atoms with Crippen LogP contribution in [-0.2, 0) is 0 Å². The summed E-state index contributed by atoms with van der Waals surface area (Å²) in [5.41, 5.74) is 4.43. The van der Waals surface area contributed by atoms with E-state index in [4.69, 9.17) is 16.3 Å². The Kier molecular flexibility index (Phi) is 4.56. The monoisotopic (exact) mass is 289 g/mol. The highest BCUT2D eigenvalue weighted by molar-refractivity contribution is 6.33. The van der Waals surface area contributed by atoms with Crippen molar-refractivity contribution < 1.29 is 4.74 Å². The van der Waals surface area contributed by atoms with Crippen LogP contribution < -0.4 is 10.1 Å². The van der Waals surface area contributed by atoms with Gasteiger partial charge in [-0.2, -0.15) is 0 Å². The number of benzene rings is 2. The zero-order valence-electron chi connectivity index (χ0n) is 12.3. The van der Waals surface area contributed by atoms with Gasteiger partial charge in [0.25, 0.3) is 0 Å². The summed E-state index contributed by atoms with van der Waals surface area (Å²) in [6, 6.07) is 12.3. The first-order valence-corrected chi connectivity index (χ1v) is 7.06. The highest BCUT2D eigenvalue weighted by Crippen LogP contribution is 2.31. The number of hydrogen-bond donors (Lipinski definition) is 1. The Morgan fingerprint density at radius 2 is 1.70 bits per heavy atom. The van der Waals surface area contributed by atoms with Crippen molar-refractivity contribution in [2.24, 2.45) is 0 Å². The Morgan fingerprint density at radius 1 is 1.05 bits per heavy atom. The van der Waals surface area contributed by atoms with E-state index in [1.54, 1.807) is 7.11 Å². The minimum absolute atomic E-state index is 0.116. The molecule has 2 rings (SSSR count). The molecule has 0 bridgehead atoms. The fraction of sp³-hybridized carbons (Fsp3) is 0.294. The second-order valence-corrected chi connectivity index (χ2v) is 5.50. The van der Waals surface area contributed by atoms with E-state index < -0.39 is 0 Å². The summed E-state index contributed by atoms with van der Waals surface area (Å²) < 4.78 is 5.47. The van der Waals surface area contributed by atoms with Gasteiger partial charge in [0, 0.05) is 5.56 Å². The van der Waals surface area contributed by atoms with E-state index in [1.807, 2.05) is 18.2 Å². The Balaban J connectivity index is 2.28. The first-order chi connectivity index (χ1) is 9.51. The Labute approximate surface area is 125 Å². The van der Waals surface area contributed by atoms with E-state index in [2.05, 4.69) is 44.3 Å². The smallest absolute Gasteiger partial charge is 0.124 e. The van der Waals surface area contributed by atoms with Crippen LogP contribution in [0.1, 0.15) is 29.7 Å². The summed E-state index contributed by atoms with van der Waals surface area (Å²) in [5, 5.41) is 4.18. The van der Waals surface area contributed by atoms with Crippen LogP contribution in [0, 0.1) is 13.8 Å². The molecule has 1 unspecified atom stereocenters. The molecular weight excluding hydrogens is 270 g/mol. The van der Waals surface area contributed by atoms with Gasteiger partial charge in [-0.15, -0.1) is 0 Å². The van der Waals surface area contributed by atoms with Gasteiger partial charge in [-0.1, -0.05) is 29.8 Å². The third-order valence-electron chi connectivity index (χ3n) is 3.35. The summed E-state index contributed by atoms with van der Waals surface area (Å²) in [6.45, 7) is 6.21. The second kappa shape index (κ2) is 6.19. The van der Waals surface area contributed by atoms with Gasteiger partial charge in [-0.05, 0) is 50.1 Å². The SMILES string of the molecule is COc1cc(C)ccc1C(C)Nc1cc(C)ccc1Cl. The van der Waals surface area contributed by atoms with E-state index in [0.717, 1.165) is 22.0 Å². The van der Waals surface area contributed by atoms with Crippen molar-refractivity contribution in [2.75, 3.05) is 12.4 Å². The topological polar surface area (TPSA) is 21.3 Å². The predicted octanol–water partition coefficient (Wildman–Crippen LogP) is 5.14. The van der Waals surface area contributed by atoms with Gasteiger partial charge in [-0.3, -0.25) is 0 Å².